The predicted octanol–water partition coefficient (Wildman–Crippen LogP) is 6.04. The molecule has 2 aromatic heterocycles. The number of rotatable bonds is 9. The number of hydrogen-bond donors (Lipinski definition) is 1. The number of imidazole rings is 1. The van der Waals surface area contributed by atoms with Crippen LogP contribution in [0.25, 0.3) is 22.3 Å². The molecule has 0 saturated carbocycles. The van der Waals surface area contributed by atoms with Crippen LogP contribution in [-0.4, -0.2) is 38.3 Å². The third kappa shape index (κ3) is 5.65. The SMILES string of the molecule is N#Cc1ccc(COc2cccc(-c3ccc(Cc4nc5ccc(C(=O)O)cc5n4C[C@@H]4CCO4)c(F)c3F)n2)c(F)c1. The molecule has 8 nitrogen and oxygen atoms in total. The summed E-state index contributed by atoms with van der Waals surface area (Å²) < 4.78 is 58.1. The van der Waals surface area contributed by atoms with Crippen LogP contribution in [0.3, 0.4) is 0 Å². The van der Waals surface area contributed by atoms with Gasteiger partial charge in [-0.2, -0.15) is 5.26 Å². The first-order valence-corrected chi connectivity index (χ1v) is 13.4. The zero-order chi connectivity index (χ0) is 30.1. The van der Waals surface area contributed by atoms with Crippen molar-refractivity contribution >= 4 is 17.0 Å². The number of aromatic nitrogens is 3. The highest BCUT2D eigenvalue weighted by molar-refractivity contribution is 5.92. The van der Waals surface area contributed by atoms with Crippen LogP contribution in [0.2, 0.25) is 0 Å². The Morgan fingerprint density at radius 1 is 1.05 bits per heavy atom. The number of nitrogens with zero attached hydrogens (tertiary/aromatic N) is 4. The summed E-state index contributed by atoms with van der Waals surface area (Å²) in [5.74, 6) is -3.31. The summed E-state index contributed by atoms with van der Waals surface area (Å²) in [6.07, 6.45) is 0.704. The van der Waals surface area contributed by atoms with Gasteiger partial charge in [-0.1, -0.05) is 18.2 Å². The van der Waals surface area contributed by atoms with Crippen LogP contribution in [0.1, 0.15) is 39.3 Å². The molecule has 3 heterocycles. The number of carboxylic acids is 1. The fourth-order valence-electron chi connectivity index (χ4n) is 4.90. The summed E-state index contributed by atoms with van der Waals surface area (Å²) >= 11 is 0. The van der Waals surface area contributed by atoms with E-state index in [0.29, 0.717) is 30.0 Å². The zero-order valence-corrected chi connectivity index (χ0v) is 22.6. The van der Waals surface area contributed by atoms with Gasteiger partial charge in [-0.3, -0.25) is 0 Å². The van der Waals surface area contributed by atoms with Crippen molar-refractivity contribution < 1.29 is 32.5 Å². The predicted molar refractivity (Wildman–Crippen MR) is 149 cm³/mol. The van der Waals surface area contributed by atoms with Crippen LogP contribution in [0.4, 0.5) is 13.2 Å². The largest absolute Gasteiger partial charge is 0.478 e. The van der Waals surface area contributed by atoms with Gasteiger partial charge in [-0.15, -0.1) is 0 Å². The van der Waals surface area contributed by atoms with Gasteiger partial charge in [0.1, 0.15) is 18.2 Å². The number of pyridine rings is 1. The summed E-state index contributed by atoms with van der Waals surface area (Å²) in [6.45, 7) is 0.853. The number of aromatic carboxylic acids is 1. The van der Waals surface area contributed by atoms with Crippen molar-refractivity contribution in [2.75, 3.05) is 6.61 Å². The number of ether oxygens (including phenoxy) is 2. The number of benzene rings is 3. The smallest absolute Gasteiger partial charge is 0.335 e. The van der Waals surface area contributed by atoms with Gasteiger partial charge >= 0.3 is 5.97 Å². The van der Waals surface area contributed by atoms with Crippen molar-refractivity contribution in [3.63, 3.8) is 0 Å². The monoisotopic (exact) mass is 584 g/mol. The molecule has 0 amide bonds. The third-order valence-electron chi connectivity index (χ3n) is 7.32. The third-order valence-corrected chi connectivity index (χ3v) is 7.32. The Morgan fingerprint density at radius 3 is 2.58 bits per heavy atom. The van der Waals surface area contributed by atoms with Crippen LogP contribution >= 0.6 is 0 Å². The van der Waals surface area contributed by atoms with Gasteiger partial charge in [-0.25, -0.2) is 27.9 Å². The second kappa shape index (κ2) is 11.6. The van der Waals surface area contributed by atoms with Gasteiger partial charge in [0.15, 0.2) is 11.6 Å². The molecule has 1 aliphatic rings. The molecule has 1 fully saturated rings. The molecule has 0 radical (unpaired) electrons. The van der Waals surface area contributed by atoms with Crippen molar-refractivity contribution in [1.82, 2.24) is 14.5 Å². The summed E-state index contributed by atoms with van der Waals surface area (Å²) in [5, 5.41) is 18.3. The molecule has 216 valence electrons. The lowest BCUT2D eigenvalue weighted by Crippen LogP contribution is -2.31. The van der Waals surface area contributed by atoms with E-state index in [-0.39, 0.29) is 58.5 Å². The van der Waals surface area contributed by atoms with Crippen molar-refractivity contribution in [3.05, 3.63) is 112 Å². The Labute approximate surface area is 243 Å². The van der Waals surface area contributed by atoms with Crippen LogP contribution < -0.4 is 4.74 Å². The van der Waals surface area contributed by atoms with E-state index in [4.69, 9.17) is 14.7 Å². The van der Waals surface area contributed by atoms with E-state index in [1.54, 1.807) is 16.7 Å². The molecule has 0 unspecified atom stereocenters. The number of nitriles is 1. The molecule has 11 heteroatoms. The van der Waals surface area contributed by atoms with E-state index in [0.717, 1.165) is 12.5 Å². The lowest BCUT2D eigenvalue weighted by Gasteiger charge is -2.27. The minimum Gasteiger partial charge on any atom is -0.478 e. The van der Waals surface area contributed by atoms with E-state index in [1.807, 2.05) is 6.07 Å². The normalized spacial score (nSPS) is 14.3. The Kier molecular flexibility index (Phi) is 7.52. The molecule has 3 aromatic carbocycles. The molecule has 0 aliphatic carbocycles. The first kappa shape index (κ1) is 27.9. The fraction of sp³-hybridized carbons (Fsp3) is 0.188. The Hall–Kier alpha value is -5.21. The molecule has 43 heavy (non-hydrogen) atoms. The minimum absolute atomic E-state index is 0.0421. The number of carbonyl (C=O) groups is 1. The number of halogens is 3. The molecular weight excluding hydrogens is 561 g/mol. The fourth-order valence-corrected chi connectivity index (χ4v) is 4.90. The van der Waals surface area contributed by atoms with Crippen molar-refractivity contribution in [2.45, 2.75) is 32.1 Å². The minimum atomic E-state index is -1.10. The molecule has 6 rings (SSSR count). The van der Waals surface area contributed by atoms with E-state index in [1.165, 1.54) is 48.5 Å². The van der Waals surface area contributed by atoms with Gasteiger partial charge < -0.3 is 19.1 Å². The molecule has 0 spiro atoms. The maximum atomic E-state index is 15.5. The van der Waals surface area contributed by atoms with Gasteiger partial charge in [0.2, 0.25) is 5.88 Å². The lowest BCUT2D eigenvalue weighted by molar-refractivity contribution is -0.0589. The van der Waals surface area contributed by atoms with Gasteiger partial charge in [-0.05, 0) is 54.4 Å². The first-order chi connectivity index (χ1) is 20.8. The summed E-state index contributed by atoms with van der Waals surface area (Å²) in [7, 11) is 0. The lowest BCUT2D eigenvalue weighted by atomic mass is 10.0. The molecular formula is C32H23F3N4O4. The zero-order valence-electron chi connectivity index (χ0n) is 22.6. The topological polar surface area (TPSA) is 110 Å². The van der Waals surface area contributed by atoms with E-state index < -0.39 is 23.4 Å². The van der Waals surface area contributed by atoms with Crippen molar-refractivity contribution in [2.24, 2.45) is 0 Å². The molecule has 1 aliphatic heterocycles. The second-order valence-electron chi connectivity index (χ2n) is 10.1. The van der Waals surface area contributed by atoms with Crippen LogP contribution in [-0.2, 0) is 24.3 Å². The summed E-state index contributed by atoms with van der Waals surface area (Å²) in [5.41, 5.74) is 1.70. The maximum absolute atomic E-state index is 15.5. The highest BCUT2D eigenvalue weighted by Gasteiger charge is 2.24. The van der Waals surface area contributed by atoms with E-state index in [2.05, 4.69) is 9.97 Å². The van der Waals surface area contributed by atoms with Crippen LogP contribution in [0.15, 0.2) is 66.7 Å². The maximum Gasteiger partial charge on any atom is 0.335 e. The van der Waals surface area contributed by atoms with Crippen molar-refractivity contribution in [1.29, 1.82) is 5.26 Å². The standard InChI is InChI=1S/C32H23F3N4O4/c33-24-12-18(15-36)4-5-21(24)17-43-29-3-1-2-25(38-29)23-8-6-19(30(34)31(23)35)14-28-37-26-9-7-20(32(40)41)13-27(26)39(28)16-22-10-11-42-22/h1-9,12-13,22H,10-11,14,16-17H2,(H,40,41)/t22-/m0/s1. The highest BCUT2D eigenvalue weighted by Crippen LogP contribution is 2.29. The Morgan fingerprint density at radius 2 is 1.86 bits per heavy atom. The van der Waals surface area contributed by atoms with Gasteiger partial charge in [0.25, 0.3) is 0 Å². The average molecular weight is 585 g/mol. The van der Waals surface area contributed by atoms with Crippen molar-refractivity contribution in [3.8, 4) is 23.2 Å². The van der Waals surface area contributed by atoms with Crippen LogP contribution in [0.5, 0.6) is 5.88 Å². The molecule has 5 aromatic rings. The Bertz CT molecular complexity index is 1910. The summed E-state index contributed by atoms with van der Waals surface area (Å²) in [6, 6.07) is 17.9. The van der Waals surface area contributed by atoms with E-state index >= 15 is 8.78 Å². The van der Waals surface area contributed by atoms with Gasteiger partial charge in [0, 0.05) is 30.2 Å². The highest BCUT2D eigenvalue weighted by atomic mass is 19.2. The number of hydrogen-bond acceptors (Lipinski definition) is 6. The Balaban J connectivity index is 1.26. The van der Waals surface area contributed by atoms with Crippen LogP contribution in [0, 0.1) is 28.8 Å². The van der Waals surface area contributed by atoms with E-state index in [9.17, 15) is 14.3 Å². The molecule has 1 saturated heterocycles. The van der Waals surface area contributed by atoms with Gasteiger partial charge in [0.05, 0.1) is 46.6 Å². The second-order valence-corrected chi connectivity index (χ2v) is 10.1. The number of carboxylic acid groups (broad SMARTS) is 1. The molecule has 0 bridgehead atoms. The molecule has 1 atom stereocenters. The molecule has 1 N–H and O–H groups in total. The quantitative estimate of drug-likeness (QED) is 0.225. The summed E-state index contributed by atoms with van der Waals surface area (Å²) in [4.78, 5) is 20.4. The first-order valence-electron chi connectivity index (χ1n) is 13.4. The number of fused-ring (bicyclic) bond motifs is 1. The average Bonchev–Trinajstić information content (AvgIpc) is 3.32.